The lowest BCUT2D eigenvalue weighted by atomic mass is 9.88. The highest BCUT2D eigenvalue weighted by atomic mass is 19.1. The zero-order valence-electron chi connectivity index (χ0n) is 25.2. The Morgan fingerprint density at radius 1 is 1.00 bits per heavy atom. The third kappa shape index (κ3) is 7.18. The van der Waals surface area contributed by atoms with Crippen molar-refractivity contribution < 1.29 is 33.0 Å². The molecule has 10 heteroatoms. The van der Waals surface area contributed by atoms with E-state index in [2.05, 4.69) is 11.0 Å². The summed E-state index contributed by atoms with van der Waals surface area (Å²) in [6.07, 6.45) is 2.93. The van der Waals surface area contributed by atoms with E-state index in [4.69, 9.17) is 19.6 Å². The molecule has 44 heavy (non-hydrogen) atoms. The summed E-state index contributed by atoms with van der Waals surface area (Å²) in [4.78, 5) is 32.4. The summed E-state index contributed by atoms with van der Waals surface area (Å²) < 4.78 is 40.8. The summed E-state index contributed by atoms with van der Waals surface area (Å²) in [5, 5.41) is 9.12. The normalized spacial score (nSPS) is 16.2. The molecule has 0 radical (unpaired) electrons. The highest BCUT2D eigenvalue weighted by Gasteiger charge is 2.27. The number of esters is 1. The van der Waals surface area contributed by atoms with E-state index in [1.165, 1.54) is 11.6 Å². The van der Waals surface area contributed by atoms with Gasteiger partial charge in [0.1, 0.15) is 24.8 Å². The van der Waals surface area contributed by atoms with E-state index in [1.54, 1.807) is 24.0 Å². The van der Waals surface area contributed by atoms with Gasteiger partial charge in [0.2, 0.25) is 5.91 Å². The van der Waals surface area contributed by atoms with Crippen molar-refractivity contribution in [2.45, 2.75) is 52.1 Å². The SMILES string of the molecule is CCOC(=O)C1CCN(c2cccc(-c3cc(F)cc(F)c3OCc3ccc(C4CCN(C(=O)CO)CC4)cc3C)n2)CC1. The van der Waals surface area contributed by atoms with E-state index in [0.29, 0.717) is 63.1 Å². The van der Waals surface area contributed by atoms with Gasteiger partial charge in [0.25, 0.3) is 0 Å². The zero-order valence-corrected chi connectivity index (χ0v) is 25.2. The number of amides is 1. The Morgan fingerprint density at radius 2 is 1.75 bits per heavy atom. The van der Waals surface area contributed by atoms with Crippen molar-refractivity contribution in [1.29, 1.82) is 0 Å². The minimum absolute atomic E-state index is 0.0681. The number of aliphatic hydroxyl groups is 1. The molecule has 2 aromatic carbocycles. The summed E-state index contributed by atoms with van der Waals surface area (Å²) >= 11 is 0. The van der Waals surface area contributed by atoms with Crippen LogP contribution in [-0.4, -0.2) is 66.3 Å². The predicted molar refractivity (Wildman–Crippen MR) is 162 cm³/mol. The zero-order chi connectivity index (χ0) is 31.2. The van der Waals surface area contributed by atoms with Crippen molar-refractivity contribution in [3.05, 3.63) is 76.9 Å². The number of hydrogen-bond acceptors (Lipinski definition) is 7. The minimum Gasteiger partial charge on any atom is -0.485 e. The molecule has 234 valence electrons. The van der Waals surface area contributed by atoms with Crippen LogP contribution >= 0.6 is 0 Å². The van der Waals surface area contributed by atoms with E-state index >= 15 is 4.39 Å². The molecule has 0 atom stereocenters. The highest BCUT2D eigenvalue weighted by Crippen LogP contribution is 2.35. The molecule has 2 saturated heterocycles. The number of aryl methyl sites for hydroxylation is 1. The molecule has 1 N–H and O–H groups in total. The number of halogens is 2. The molecule has 0 aliphatic carbocycles. The number of anilines is 1. The Bertz CT molecular complexity index is 1480. The monoisotopic (exact) mass is 607 g/mol. The lowest BCUT2D eigenvalue weighted by Crippen LogP contribution is -2.39. The summed E-state index contributed by atoms with van der Waals surface area (Å²) in [6.45, 7) is 6.23. The predicted octanol–water partition coefficient (Wildman–Crippen LogP) is 5.39. The number of piperidine rings is 2. The molecule has 2 aliphatic heterocycles. The van der Waals surface area contributed by atoms with Crippen LogP contribution in [0.1, 0.15) is 55.2 Å². The number of benzene rings is 2. The van der Waals surface area contributed by atoms with Gasteiger partial charge in [-0.1, -0.05) is 24.3 Å². The van der Waals surface area contributed by atoms with Crippen molar-refractivity contribution in [1.82, 2.24) is 9.88 Å². The number of aliphatic hydroxyl groups excluding tert-OH is 1. The van der Waals surface area contributed by atoms with Gasteiger partial charge < -0.3 is 24.4 Å². The number of ether oxygens (including phenoxy) is 2. The number of rotatable bonds is 9. The second kappa shape index (κ2) is 14.2. The first-order chi connectivity index (χ1) is 21.3. The number of carbonyl (C=O) groups excluding carboxylic acids is 2. The van der Waals surface area contributed by atoms with Crippen molar-refractivity contribution in [3.8, 4) is 17.0 Å². The molecule has 1 aromatic heterocycles. The summed E-state index contributed by atoms with van der Waals surface area (Å²) in [6, 6.07) is 13.5. The molecule has 3 aromatic rings. The quantitative estimate of drug-likeness (QED) is 0.326. The van der Waals surface area contributed by atoms with Gasteiger partial charge in [-0.05, 0) is 80.3 Å². The molecular weight excluding hydrogens is 568 g/mol. The largest absolute Gasteiger partial charge is 0.485 e. The minimum atomic E-state index is -0.805. The molecule has 0 unspecified atom stereocenters. The number of pyridine rings is 1. The lowest BCUT2D eigenvalue weighted by molar-refractivity contribution is -0.148. The Morgan fingerprint density at radius 3 is 2.43 bits per heavy atom. The summed E-state index contributed by atoms with van der Waals surface area (Å²) in [7, 11) is 0. The Labute approximate surface area is 256 Å². The Kier molecular flexibility index (Phi) is 10.1. The van der Waals surface area contributed by atoms with Gasteiger partial charge in [-0.2, -0.15) is 0 Å². The first-order valence-corrected chi connectivity index (χ1v) is 15.3. The van der Waals surface area contributed by atoms with E-state index < -0.39 is 18.2 Å². The van der Waals surface area contributed by atoms with E-state index in [0.717, 1.165) is 30.0 Å². The molecular formula is C34H39F2N3O5. The van der Waals surface area contributed by atoms with Crippen LogP contribution in [0.5, 0.6) is 5.75 Å². The summed E-state index contributed by atoms with van der Waals surface area (Å²) in [5.41, 5.74) is 3.66. The number of carbonyl (C=O) groups is 2. The van der Waals surface area contributed by atoms with Gasteiger partial charge in [-0.25, -0.2) is 13.8 Å². The molecule has 8 nitrogen and oxygen atoms in total. The van der Waals surface area contributed by atoms with Gasteiger partial charge in [0.05, 0.1) is 18.2 Å². The van der Waals surface area contributed by atoms with Crippen LogP contribution in [0.25, 0.3) is 11.3 Å². The van der Waals surface area contributed by atoms with Crippen molar-refractivity contribution in [2.75, 3.05) is 44.3 Å². The average molecular weight is 608 g/mol. The van der Waals surface area contributed by atoms with E-state index in [1.807, 2.05) is 25.1 Å². The second-order valence-electron chi connectivity index (χ2n) is 11.4. The molecule has 0 bridgehead atoms. The van der Waals surface area contributed by atoms with Crippen LogP contribution < -0.4 is 9.64 Å². The first-order valence-electron chi connectivity index (χ1n) is 15.3. The molecule has 2 fully saturated rings. The molecule has 0 spiro atoms. The number of hydrogen-bond donors (Lipinski definition) is 1. The van der Waals surface area contributed by atoms with Gasteiger partial charge in [-0.3, -0.25) is 9.59 Å². The topological polar surface area (TPSA) is 92.2 Å². The molecule has 2 aliphatic rings. The van der Waals surface area contributed by atoms with Crippen molar-refractivity contribution >= 4 is 17.7 Å². The maximum atomic E-state index is 15.2. The van der Waals surface area contributed by atoms with Crippen molar-refractivity contribution in [3.63, 3.8) is 0 Å². The molecule has 5 rings (SSSR count). The van der Waals surface area contributed by atoms with Crippen LogP contribution in [0.2, 0.25) is 0 Å². The van der Waals surface area contributed by atoms with Gasteiger partial charge in [-0.15, -0.1) is 0 Å². The van der Waals surface area contributed by atoms with Crippen LogP contribution in [0.15, 0.2) is 48.5 Å². The van der Waals surface area contributed by atoms with Crippen LogP contribution in [-0.2, 0) is 20.9 Å². The third-order valence-corrected chi connectivity index (χ3v) is 8.65. The second-order valence-corrected chi connectivity index (χ2v) is 11.4. The highest BCUT2D eigenvalue weighted by molar-refractivity contribution is 5.77. The lowest BCUT2D eigenvalue weighted by Gasteiger charge is -2.32. The van der Waals surface area contributed by atoms with Crippen molar-refractivity contribution in [2.24, 2.45) is 5.92 Å². The van der Waals surface area contributed by atoms with Crippen LogP contribution in [0, 0.1) is 24.5 Å². The maximum absolute atomic E-state index is 15.2. The Hall–Kier alpha value is -4.05. The Balaban J connectivity index is 1.28. The van der Waals surface area contributed by atoms with Gasteiger partial charge >= 0.3 is 5.97 Å². The van der Waals surface area contributed by atoms with E-state index in [9.17, 15) is 14.0 Å². The standard InChI is InChI=1S/C34H39F2N3O5/c1-3-43-34(42)24-11-13-38(14-12-24)31-6-4-5-30(37-31)28-18-27(35)19-29(36)33(28)44-21-26-8-7-25(17-22(26)2)23-9-15-39(16-10-23)32(41)20-40/h4-8,17-19,23-24,40H,3,9-16,20-21H2,1-2H3. The van der Waals surface area contributed by atoms with Gasteiger partial charge in [0.15, 0.2) is 11.6 Å². The maximum Gasteiger partial charge on any atom is 0.309 e. The fourth-order valence-corrected chi connectivity index (χ4v) is 6.10. The third-order valence-electron chi connectivity index (χ3n) is 8.65. The van der Waals surface area contributed by atoms with E-state index in [-0.39, 0.29) is 35.7 Å². The fraction of sp³-hybridized carbons (Fsp3) is 0.441. The molecule has 1 amide bonds. The fourth-order valence-electron chi connectivity index (χ4n) is 6.10. The first kappa shape index (κ1) is 31.4. The number of nitrogens with zero attached hydrogens (tertiary/aromatic N) is 3. The average Bonchev–Trinajstić information content (AvgIpc) is 3.04. The number of likely N-dealkylation sites (tertiary alicyclic amines) is 1. The molecule has 3 heterocycles. The smallest absolute Gasteiger partial charge is 0.309 e. The summed E-state index contributed by atoms with van der Waals surface area (Å²) in [5.74, 6) is -1.17. The molecule has 0 saturated carbocycles. The van der Waals surface area contributed by atoms with Crippen LogP contribution in [0.4, 0.5) is 14.6 Å². The number of aromatic nitrogens is 1. The van der Waals surface area contributed by atoms with Gasteiger partial charge in [0, 0.05) is 37.8 Å². The van der Waals surface area contributed by atoms with Crippen LogP contribution in [0.3, 0.4) is 0 Å².